The van der Waals surface area contributed by atoms with E-state index in [9.17, 15) is 9.59 Å². The van der Waals surface area contributed by atoms with Gasteiger partial charge in [0.05, 0.1) is 18.2 Å². The molecular weight excluding hydrogens is 546 g/mol. The largest absolute Gasteiger partial charge is 0.494 e. The Morgan fingerprint density at radius 1 is 0.953 bits per heavy atom. The lowest BCUT2D eigenvalue weighted by atomic mass is 9.75. The van der Waals surface area contributed by atoms with Crippen LogP contribution in [0.15, 0.2) is 66.7 Å². The van der Waals surface area contributed by atoms with Crippen LogP contribution in [-0.2, 0) is 27.2 Å². The van der Waals surface area contributed by atoms with Crippen molar-refractivity contribution in [1.29, 1.82) is 0 Å². The van der Waals surface area contributed by atoms with Gasteiger partial charge in [0.1, 0.15) is 17.2 Å². The molecule has 8 bridgehead atoms. The molecule has 3 aromatic carbocycles. The number of hydrogen-bond acceptors (Lipinski definition) is 6. The number of ether oxygens (including phenoxy) is 2. The zero-order chi connectivity index (χ0) is 30.4. The first-order chi connectivity index (χ1) is 20.7. The van der Waals surface area contributed by atoms with Crippen LogP contribution in [-0.4, -0.2) is 53.0 Å². The van der Waals surface area contributed by atoms with Gasteiger partial charge in [0.2, 0.25) is 11.8 Å². The molecule has 1 unspecified atom stereocenters. The Bertz CT molecular complexity index is 1460. The van der Waals surface area contributed by atoms with E-state index >= 15 is 0 Å². The van der Waals surface area contributed by atoms with Crippen molar-refractivity contribution in [2.45, 2.75) is 63.5 Å². The van der Waals surface area contributed by atoms with Gasteiger partial charge in [-0.05, 0) is 97.2 Å². The minimum absolute atomic E-state index is 0.0254. The summed E-state index contributed by atoms with van der Waals surface area (Å²) in [7, 11) is 0. The number of carbonyl (C=O) groups is 3. The first-order valence-corrected chi connectivity index (χ1v) is 14.9. The highest BCUT2D eigenvalue weighted by Gasteiger charge is 2.46. The maximum absolute atomic E-state index is 13.7. The predicted octanol–water partition coefficient (Wildman–Crippen LogP) is 4.76. The molecule has 1 saturated carbocycles. The van der Waals surface area contributed by atoms with Crippen molar-refractivity contribution in [2.24, 2.45) is 5.73 Å². The smallest absolute Gasteiger partial charge is 0.300 e. The average Bonchev–Trinajstić information content (AvgIpc) is 2.98. The second kappa shape index (κ2) is 13.3. The molecule has 9 nitrogen and oxygen atoms in total. The van der Waals surface area contributed by atoms with E-state index in [1.165, 1.54) is 5.56 Å². The Kier molecular flexibility index (Phi) is 9.31. The highest BCUT2D eigenvalue weighted by molar-refractivity contribution is 5.88. The molecule has 226 valence electrons. The van der Waals surface area contributed by atoms with Crippen molar-refractivity contribution in [2.75, 3.05) is 19.7 Å². The highest BCUT2D eigenvalue weighted by atomic mass is 16.5. The summed E-state index contributed by atoms with van der Waals surface area (Å²) in [6.07, 6.45) is 5.01. The summed E-state index contributed by atoms with van der Waals surface area (Å²) < 4.78 is 12.3. The van der Waals surface area contributed by atoms with Crippen LogP contribution in [0.2, 0.25) is 0 Å². The van der Waals surface area contributed by atoms with Crippen LogP contribution in [0.3, 0.4) is 0 Å². The lowest BCUT2D eigenvalue weighted by Gasteiger charge is -2.45. The van der Waals surface area contributed by atoms with Crippen molar-refractivity contribution >= 4 is 17.8 Å². The third-order valence-corrected chi connectivity index (χ3v) is 8.16. The number of carboxylic acids is 1. The van der Waals surface area contributed by atoms with E-state index in [1.54, 1.807) is 0 Å². The van der Waals surface area contributed by atoms with E-state index in [-0.39, 0.29) is 17.9 Å². The molecule has 3 aromatic rings. The monoisotopic (exact) mass is 585 g/mol. The number of amides is 2. The molecule has 0 radical (unpaired) electrons. The van der Waals surface area contributed by atoms with Crippen molar-refractivity contribution in [1.82, 2.24) is 10.2 Å². The molecule has 5 aliphatic heterocycles. The molecule has 1 atom stereocenters. The summed E-state index contributed by atoms with van der Waals surface area (Å²) in [6, 6.07) is 21.8. The summed E-state index contributed by atoms with van der Waals surface area (Å²) in [5.41, 5.74) is 10.1. The number of benzene rings is 3. The quantitative estimate of drug-likeness (QED) is 0.375. The molecule has 6 aliphatic rings. The molecule has 0 aromatic heterocycles. The molecule has 1 aliphatic carbocycles. The van der Waals surface area contributed by atoms with Crippen LogP contribution in [0.1, 0.15) is 67.3 Å². The van der Waals surface area contributed by atoms with Gasteiger partial charge in [0.25, 0.3) is 5.97 Å². The first kappa shape index (κ1) is 30.1. The minimum Gasteiger partial charge on any atom is -0.494 e. The fourth-order valence-corrected chi connectivity index (χ4v) is 5.77. The maximum atomic E-state index is 13.7. The first-order valence-electron chi connectivity index (χ1n) is 14.9. The molecule has 4 N–H and O–H groups in total. The van der Waals surface area contributed by atoms with E-state index in [0.717, 1.165) is 66.5 Å². The number of aliphatic carboxylic acids is 1. The number of nitrogens with zero attached hydrogens (tertiary/aromatic N) is 1. The summed E-state index contributed by atoms with van der Waals surface area (Å²) in [5, 5.41) is 10.4. The van der Waals surface area contributed by atoms with E-state index in [1.807, 2.05) is 53.4 Å². The Morgan fingerprint density at radius 2 is 1.70 bits per heavy atom. The summed E-state index contributed by atoms with van der Waals surface area (Å²) in [6.45, 7) is 2.73. The van der Waals surface area contributed by atoms with Gasteiger partial charge < -0.3 is 30.5 Å². The lowest BCUT2D eigenvalue weighted by Crippen LogP contribution is -2.61. The fourth-order valence-electron chi connectivity index (χ4n) is 5.77. The summed E-state index contributed by atoms with van der Waals surface area (Å²) in [5.74, 6) is 1.48. The van der Waals surface area contributed by atoms with E-state index in [2.05, 4.69) is 23.5 Å². The third-order valence-electron chi connectivity index (χ3n) is 8.16. The van der Waals surface area contributed by atoms with Crippen LogP contribution < -0.4 is 20.5 Å². The number of nitrogens with one attached hydrogen (secondary N) is 1. The molecular formula is C34H39N3O6. The topological polar surface area (TPSA) is 131 Å². The Hall–Kier alpha value is -4.37. The highest BCUT2D eigenvalue weighted by Crippen LogP contribution is 2.41. The molecule has 1 fully saturated rings. The van der Waals surface area contributed by atoms with E-state index in [4.69, 9.17) is 25.1 Å². The molecule has 9 heteroatoms. The molecule has 2 amide bonds. The van der Waals surface area contributed by atoms with E-state index in [0.29, 0.717) is 39.0 Å². The predicted molar refractivity (Wildman–Crippen MR) is 162 cm³/mol. The van der Waals surface area contributed by atoms with Crippen LogP contribution in [0.5, 0.6) is 17.2 Å². The number of carboxylic acid groups (broad SMARTS) is 1. The molecule has 5 heterocycles. The molecule has 9 rings (SSSR count). The summed E-state index contributed by atoms with van der Waals surface area (Å²) >= 11 is 0. The van der Waals surface area contributed by atoms with Gasteiger partial charge in [-0.15, -0.1) is 0 Å². The number of nitrogens with two attached hydrogens (primary N) is 1. The van der Waals surface area contributed by atoms with Crippen molar-refractivity contribution in [3.63, 3.8) is 0 Å². The van der Waals surface area contributed by atoms with Gasteiger partial charge in [-0.2, -0.15) is 0 Å². The summed E-state index contributed by atoms with van der Waals surface area (Å²) in [4.78, 5) is 37.0. The normalized spacial score (nSPS) is 19.3. The molecule has 0 saturated heterocycles. The van der Waals surface area contributed by atoms with Gasteiger partial charge in [0.15, 0.2) is 0 Å². The SMILES string of the molecule is CC(=O)O.NC1(C(=O)N2CCc3cc4ccc3C2c2cccc(c2)OCCCNC(=O)CCc2ccc(cc2)O4)CCC1. The zero-order valence-electron chi connectivity index (χ0n) is 24.5. The zero-order valence-corrected chi connectivity index (χ0v) is 24.5. The van der Waals surface area contributed by atoms with Gasteiger partial charge >= 0.3 is 0 Å². The molecule has 0 spiro atoms. The van der Waals surface area contributed by atoms with Crippen LogP contribution in [0.4, 0.5) is 0 Å². The third kappa shape index (κ3) is 7.35. The van der Waals surface area contributed by atoms with Crippen molar-refractivity contribution in [3.8, 4) is 17.2 Å². The number of hydrogen-bond donors (Lipinski definition) is 3. The number of rotatable bonds is 1. The van der Waals surface area contributed by atoms with Crippen LogP contribution in [0.25, 0.3) is 0 Å². The number of carbonyl (C=O) groups excluding carboxylic acids is 2. The Labute approximate surface area is 252 Å². The van der Waals surface area contributed by atoms with Gasteiger partial charge in [-0.1, -0.05) is 30.3 Å². The van der Waals surface area contributed by atoms with E-state index < -0.39 is 11.5 Å². The average molecular weight is 586 g/mol. The van der Waals surface area contributed by atoms with Crippen LogP contribution in [0, 0.1) is 0 Å². The fraction of sp³-hybridized carbons (Fsp3) is 0.382. The van der Waals surface area contributed by atoms with Crippen LogP contribution >= 0.6 is 0 Å². The molecule has 43 heavy (non-hydrogen) atoms. The maximum Gasteiger partial charge on any atom is 0.300 e. The van der Waals surface area contributed by atoms with Gasteiger partial charge in [-0.3, -0.25) is 14.4 Å². The Balaban J connectivity index is 0.000000868. The van der Waals surface area contributed by atoms with Gasteiger partial charge in [-0.25, -0.2) is 0 Å². The van der Waals surface area contributed by atoms with Crippen molar-refractivity contribution in [3.05, 3.63) is 89.0 Å². The number of aryl methyl sites for hydroxylation is 1. The second-order valence-electron chi connectivity index (χ2n) is 11.4. The Morgan fingerprint density at radius 3 is 2.42 bits per heavy atom. The minimum atomic E-state index is -0.833. The van der Waals surface area contributed by atoms with Crippen molar-refractivity contribution < 1.29 is 29.0 Å². The standard InChI is InChI=1S/C32H35N3O4.C2H4O2/c33-32(15-2-16-32)31(37)35-18-14-23-20-27-11-12-28(23)30(35)24-4-1-5-26(21-24)38-19-3-17-34-29(36)13-8-22-6-9-25(39-27)10-7-22;1-2(3)4/h1,4-7,9-12,20-21,30H,2-3,8,13-19,33H2,(H,34,36);1H3,(H,3,4). The lowest BCUT2D eigenvalue weighted by molar-refractivity contribution is -0.142. The van der Waals surface area contributed by atoms with Gasteiger partial charge in [0, 0.05) is 26.4 Å². The second-order valence-corrected chi connectivity index (χ2v) is 11.4.